The molecule has 0 bridgehead atoms. The van der Waals surface area contributed by atoms with Gasteiger partial charge in [0.15, 0.2) is 4.77 Å². The number of rotatable bonds is 5. The van der Waals surface area contributed by atoms with Crippen LogP contribution in [0.25, 0.3) is 11.0 Å². The minimum absolute atomic E-state index is 0.215. The number of nitrogens with zero attached hydrogens (tertiary/aromatic N) is 1. The molecule has 0 aliphatic heterocycles. The predicted octanol–water partition coefficient (Wildman–Crippen LogP) is 5.27. The van der Waals surface area contributed by atoms with Crippen molar-refractivity contribution in [3.05, 3.63) is 28.0 Å². The summed E-state index contributed by atoms with van der Waals surface area (Å²) in [7, 11) is 0. The van der Waals surface area contributed by atoms with Crippen LogP contribution in [0.3, 0.4) is 0 Å². The number of fused-ring (bicyclic) bond motifs is 1. The van der Waals surface area contributed by atoms with Crippen LogP contribution in [0.2, 0.25) is 5.02 Å². The second-order valence-electron chi connectivity index (χ2n) is 4.75. The van der Waals surface area contributed by atoms with E-state index in [2.05, 4.69) is 29.7 Å². The maximum absolute atomic E-state index is 6.34. The Morgan fingerprint density at radius 1 is 1.37 bits per heavy atom. The number of nitrogens with one attached hydrogen (secondary N) is 1. The fourth-order valence-corrected chi connectivity index (χ4v) is 3.82. The SMILES string of the molecule is CCC(CC)(Cn1c(=S)[nH]c2cccc(Cl)c21)SC. The van der Waals surface area contributed by atoms with Crippen molar-refractivity contribution in [1.82, 2.24) is 9.55 Å². The molecule has 1 heterocycles. The van der Waals surface area contributed by atoms with Crippen LogP contribution >= 0.6 is 35.6 Å². The van der Waals surface area contributed by atoms with Gasteiger partial charge in [0, 0.05) is 11.3 Å². The summed E-state index contributed by atoms with van der Waals surface area (Å²) < 4.78 is 3.12. The molecule has 2 aromatic rings. The van der Waals surface area contributed by atoms with Crippen molar-refractivity contribution < 1.29 is 0 Å². The Hall–Kier alpha value is -0.450. The molecule has 19 heavy (non-hydrogen) atoms. The Labute approximate surface area is 128 Å². The Kier molecular flexibility index (Phi) is 4.64. The lowest BCUT2D eigenvalue weighted by molar-refractivity contribution is 0.470. The van der Waals surface area contributed by atoms with Crippen molar-refractivity contribution >= 4 is 46.6 Å². The fourth-order valence-electron chi connectivity index (χ4n) is 2.44. The van der Waals surface area contributed by atoms with Crippen LogP contribution in [0.1, 0.15) is 26.7 Å². The summed E-state index contributed by atoms with van der Waals surface area (Å²) in [4.78, 5) is 3.25. The summed E-state index contributed by atoms with van der Waals surface area (Å²) >= 11 is 13.7. The van der Waals surface area contributed by atoms with Gasteiger partial charge in [0.1, 0.15) is 0 Å². The summed E-state index contributed by atoms with van der Waals surface area (Å²) in [5, 5.41) is 0.757. The van der Waals surface area contributed by atoms with Crippen LogP contribution in [-0.2, 0) is 6.54 Å². The van der Waals surface area contributed by atoms with Gasteiger partial charge in [-0.05, 0) is 43.4 Å². The third-order valence-corrected chi connectivity index (χ3v) is 6.11. The molecule has 0 aliphatic carbocycles. The number of hydrogen-bond donors (Lipinski definition) is 1. The predicted molar refractivity (Wildman–Crippen MR) is 89.0 cm³/mol. The summed E-state index contributed by atoms with van der Waals surface area (Å²) in [6, 6.07) is 5.88. The first-order chi connectivity index (χ1) is 9.06. The lowest BCUT2D eigenvalue weighted by Gasteiger charge is -2.30. The average Bonchev–Trinajstić information content (AvgIpc) is 2.73. The molecule has 0 aliphatic rings. The Morgan fingerprint density at radius 2 is 2.05 bits per heavy atom. The van der Waals surface area contributed by atoms with Crippen molar-refractivity contribution in [3.63, 3.8) is 0 Å². The van der Waals surface area contributed by atoms with Crippen LogP contribution in [-0.4, -0.2) is 20.6 Å². The molecule has 0 radical (unpaired) electrons. The summed E-state index contributed by atoms with van der Waals surface area (Å²) in [6.45, 7) is 5.36. The van der Waals surface area contributed by atoms with Gasteiger partial charge in [-0.15, -0.1) is 0 Å². The number of thioether (sulfide) groups is 1. The highest BCUT2D eigenvalue weighted by Crippen LogP contribution is 2.34. The van der Waals surface area contributed by atoms with E-state index in [1.165, 1.54) is 0 Å². The monoisotopic (exact) mass is 314 g/mol. The minimum atomic E-state index is 0.215. The lowest BCUT2D eigenvalue weighted by atomic mass is 10.0. The summed E-state index contributed by atoms with van der Waals surface area (Å²) in [5.74, 6) is 0. The number of benzene rings is 1. The molecule has 0 saturated carbocycles. The molecule has 0 amide bonds. The van der Waals surface area contributed by atoms with Gasteiger partial charge in [0.05, 0.1) is 16.1 Å². The van der Waals surface area contributed by atoms with E-state index in [1.807, 2.05) is 30.0 Å². The van der Waals surface area contributed by atoms with Crippen molar-refractivity contribution in [2.75, 3.05) is 6.26 Å². The molecule has 0 unspecified atom stereocenters. The second-order valence-corrected chi connectivity index (χ2v) is 6.81. The van der Waals surface area contributed by atoms with E-state index in [0.717, 1.165) is 40.2 Å². The Balaban J connectivity index is 2.57. The van der Waals surface area contributed by atoms with E-state index >= 15 is 0 Å². The van der Waals surface area contributed by atoms with E-state index in [1.54, 1.807) is 0 Å². The Morgan fingerprint density at radius 3 is 2.63 bits per heavy atom. The van der Waals surface area contributed by atoms with Gasteiger partial charge in [-0.2, -0.15) is 11.8 Å². The van der Waals surface area contributed by atoms with Crippen LogP contribution < -0.4 is 0 Å². The van der Waals surface area contributed by atoms with Crippen LogP contribution in [0.5, 0.6) is 0 Å². The van der Waals surface area contributed by atoms with Gasteiger partial charge < -0.3 is 9.55 Å². The molecular weight excluding hydrogens is 296 g/mol. The van der Waals surface area contributed by atoms with Gasteiger partial charge in [0.2, 0.25) is 0 Å². The maximum Gasteiger partial charge on any atom is 0.178 e. The number of aromatic amines is 1. The van der Waals surface area contributed by atoms with E-state index in [-0.39, 0.29) is 4.75 Å². The average molecular weight is 315 g/mol. The first-order valence-corrected chi connectivity index (χ1v) is 8.50. The molecule has 1 aromatic carbocycles. The largest absolute Gasteiger partial charge is 0.331 e. The molecule has 2 rings (SSSR count). The smallest absolute Gasteiger partial charge is 0.178 e. The molecule has 5 heteroatoms. The highest BCUT2D eigenvalue weighted by Gasteiger charge is 2.26. The highest BCUT2D eigenvalue weighted by atomic mass is 35.5. The lowest BCUT2D eigenvalue weighted by Crippen LogP contribution is -2.29. The van der Waals surface area contributed by atoms with Crippen molar-refractivity contribution in [3.8, 4) is 0 Å². The van der Waals surface area contributed by atoms with Gasteiger partial charge in [-0.25, -0.2) is 0 Å². The Bertz CT molecular complexity index is 618. The third kappa shape index (κ3) is 2.71. The van der Waals surface area contributed by atoms with Crippen LogP contribution in [0.15, 0.2) is 18.2 Å². The van der Waals surface area contributed by atoms with Crippen LogP contribution in [0, 0.1) is 4.77 Å². The zero-order chi connectivity index (χ0) is 14.0. The van der Waals surface area contributed by atoms with E-state index in [4.69, 9.17) is 23.8 Å². The second kappa shape index (κ2) is 5.90. The fraction of sp³-hybridized carbons (Fsp3) is 0.500. The maximum atomic E-state index is 6.34. The number of hydrogen-bond acceptors (Lipinski definition) is 2. The van der Waals surface area contributed by atoms with E-state index in [9.17, 15) is 0 Å². The summed E-state index contributed by atoms with van der Waals surface area (Å²) in [6.07, 6.45) is 4.40. The van der Waals surface area contributed by atoms with Crippen molar-refractivity contribution in [2.24, 2.45) is 0 Å². The van der Waals surface area contributed by atoms with Gasteiger partial charge >= 0.3 is 0 Å². The van der Waals surface area contributed by atoms with E-state index < -0.39 is 0 Å². The molecule has 2 nitrogen and oxygen atoms in total. The van der Waals surface area contributed by atoms with Crippen molar-refractivity contribution in [2.45, 2.75) is 38.0 Å². The summed E-state index contributed by atoms with van der Waals surface area (Å²) in [5.41, 5.74) is 2.04. The standard InChI is InChI=1S/C14H19ClN2S2/c1-4-14(5-2,19-3)9-17-12-10(15)7-6-8-11(12)16-13(17)18/h6-8H,4-5,9H2,1-3H3,(H,16,18). The topological polar surface area (TPSA) is 20.7 Å². The van der Waals surface area contributed by atoms with E-state index in [0.29, 0.717) is 0 Å². The molecule has 104 valence electrons. The highest BCUT2D eigenvalue weighted by molar-refractivity contribution is 8.00. The number of para-hydroxylation sites is 1. The van der Waals surface area contributed by atoms with Gasteiger partial charge in [0.25, 0.3) is 0 Å². The van der Waals surface area contributed by atoms with Crippen molar-refractivity contribution in [1.29, 1.82) is 0 Å². The molecule has 0 fully saturated rings. The molecular formula is C14H19ClN2S2. The number of aromatic nitrogens is 2. The quantitative estimate of drug-likeness (QED) is 0.758. The number of H-pyrrole nitrogens is 1. The van der Waals surface area contributed by atoms with Gasteiger partial charge in [-0.3, -0.25) is 0 Å². The number of halogens is 1. The first kappa shape index (κ1) is 14.9. The first-order valence-electron chi connectivity index (χ1n) is 6.49. The molecule has 0 spiro atoms. The molecule has 0 atom stereocenters. The molecule has 1 N–H and O–H groups in total. The molecule has 0 saturated heterocycles. The van der Waals surface area contributed by atoms with Gasteiger partial charge in [-0.1, -0.05) is 31.5 Å². The normalized spacial score (nSPS) is 12.2. The zero-order valence-electron chi connectivity index (χ0n) is 11.5. The minimum Gasteiger partial charge on any atom is -0.331 e. The third-order valence-electron chi connectivity index (χ3n) is 3.91. The van der Waals surface area contributed by atoms with Crippen LogP contribution in [0.4, 0.5) is 0 Å². The molecule has 1 aromatic heterocycles. The number of imidazole rings is 1. The zero-order valence-corrected chi connectivity index (χ0v) is 13.9.